The molecule has 0 aromatic carbocycles. The van der Waals surface area contributed by atoms with E-state index in [0.717, 1.165) is 16.7 Å². The van der Waals surface area contributed by atoms with Crippen molar-refractivity contribution >= 4 is 29.7 Å². The van der Waals surface area contributed by atoms with Crippen LogP contribution in [0.2, 0.25) is 0 Å². The highest BCUT2D eigenvalue weighted by atomic mass is 32.2. The van der Waals surface area contributed by atoms with Crippen molar-refractivity contribution in [3.8, 4) is 0 Å². The van der Waals surface area contributed by atoms with Gasteiger partial charge in [-0.1, -0.05) is 0 Å². The topological polar surface area (TPSA) is 113 Å². The molecule has 0 spiro atoms. The number of thioether (sulfide) groups is 1. The normalized spacial score (nSPS) is 17.5. The summed E-state index contributed by atoms with van der Waals surface area (Å²) in [6, 6.07) is -1.47. The van der Waals surface area contributed by atoms with Crippen molar-refractivity contribution < 1.29 is 19.5 Å². The fraction of sp³-hybridized carbons (Fsp3) is 0.700. The van der Waals surface area contributed by atoms with E-state index in [9.17, 15) is 14.4 Å². The lowest BCUT2D eigenvalue weighted by atomic mass is 10.1. The number of carboxylic acids is 1. The predicted molar refractivity (Wildman–Crippen MR) is 67.3 cm³/mol. The fourth-order valence-electron chi connectivity index (χ4n) is 1.42. The average Bonchev–Trinajstić information content (AvgIpc) is 2.71. The van der Waals surface area contributed by atoms with Crippen molar-refractivity contribution in [2.24, 2.45) is 5.73 Å². The minimum atomic E-state index is -1.11. The van der Waals surface area contributed by atoms with Crippen molar-refractivity contribution in [3.05, 3.63) is 0 Å². The molecule has 3 amide bonds. The molecular formula is C10H17N3O4S. The molecule has 0 aromatic heterocycles. The first-order chi connectivity index (χ1) is 8.25. The predicted octanol–water partition coefficient (Wildman–Crippen LogP) is -0.538. The zero-order valence-electron chi connectivity index (χ0n) is 10.3. The average molecular weight is 275 g/mol. The van der Waals surface area contributed by atoms with E-state index in [0.29, 0.717) is 13.1 Å². The summed E-state index contributed by atoms with van der Waals surface area (Å²) in [7, 11) is 0. The van der Waals surface area contributed by atoms with Crippen molar-refractivity contribution in [2.45, 2.75) is 24.6 Å². The van der Waals surface area contributed by atoms with Gasteiger partial charge >= 0.3 is 12.0 Å². The van der Waals surface area contributed by atoms with Crippen LogP contribution >= 0.6 is 11.8 Å². The lowest BCUT2D eigenvalue weighted by molar-refractivity contribution is -0.139. The summed E-state index contributed by atoms with van der Waals surface area (Å²) in [5.74, 6) is -1.42. The van der Waals surface area contributed by atoms with Gasteiger partial charge < -0.3 is 16.2 Å². The first-order valence-electron chi connectivity index (χ1n) is 5.46. The number of aliphatic carboxylic acids is 1. The molecule has 0 radical (unpaired) electrons. The Kier molecular flexibility index (Phi) is 4.58. The molecule has 8 heteroatoms. The number of imide groups is 1. The number of nitrogens with two attached hydrogens (primary N) is 1. The molecule has 0 aliphatic carbocycles. The Hall–Kier alpha value is -1.28. The van der Waals surface area contributed by atoms with Crippen molar-refractivity contribution in [1.82, 2.24) is 10.2 Å². The monoisotopic (exact) mass is 275 g/mol. The summed E-state index contributed by atoms with van der Waals surface area (Å²) in [6.07, 6.45) is 0. The van der Waals surface area contributed by atoms with Crippen LogP contribution in [0.1, 0.15) is 13.8 Å². The van der Waals surface area contributed by atoms with Gasteiger partial charge in [0.1, 0.15) is 6.04 Å². The zero-order valence-corrected chi connectivity index (χ0v) is 11.1. The quantitative estimate of drug-likeness (QED) is 0.621. The van der Waals surface area contributed by atoms with E-state index in [-0.39, 0.29) is 11.7 Å². The maximum atomic E-state index is 11.8. The Morgan fingerprint density at radius 3 is 2.67 bits per heavy atom. The van der Waals surface area contributed by atoms with Gasteiger partial charge in [-0.25, -0.2) is 4.79 Å². The molecule has 0 unspecified atom stereocenters. The van der Waals surface area contributed by atoms with Crippen LogP contribution in [0, 0.1) is 0 Å². The number of hydrogen-bond donors (Lipinski definition) is 3. The number of urea groups is 1. The molecule has 7 nitrogen and oxygen atoms in total. The van der Waals surface area contributed by atoms with Gasteiger partial charge in [-0.2, -0.15) is 0 Å². The molecule has 1 rings (SSSR count). The standard InChI is InChI=1S/C10H17N3O4S/c1-10(2,7(11)8(15)16)18-5-6(14)13-4-3-12-9(13)17/h7H,3-5,11H2,1-2H3,(H,12,17)(H,15,16)/t7-/m1/s1. The minimum absolute atomic E-state index is 0.0292. The Bertz CT molecular complexity index is 372. The van der Waals surface area contributed by atoms with Gasteiger partial charge in [0.15, 0.2) is 0 Å². The first kappa shape index (κ1) is 14.8. The zero-order chi connectivity index (χ0) is 13.9. The molecule has 1 saturated heterocycles. The van der Waals surface area contributed by atoms with Crippen LogP contribution in [-0.2, 0) is 9.59 Å². The van der Waals surface area contributed by atoms with Gasteiger partial charge in [-0.15, -0.1) is 11.8 Å². The van der Waals surface area contributed by atoms with Gasteiger partial charge in [0, 0.05) is 17.8 Å². The smallest absolute Gasteiger partial charge is 0.324 e. The van der Waals surface area contributed by atoms with Crippen LogP contribution in [0.3, 0.4) is 0 Å². The Morgan fingerprint density at radius 1 is 1.61 bits per heavy atom. The second-order valence-electron chi connectivity index (χ2n) is 4.49. The molecule has 1 heterocycles. The third-order valence-corrected chi connectivity index (χ3v) is 4.13. The molecule has 1 atom stereocenters. The van der Waals surface area contributed by atoms with Crippen LogP contribution in [0.25, 0.3) is 0 Å². The highest BCUT2D eigenvalue weighted by Crippen LogP contribution is 2.27. The summed E-state index contributed by atoms with van der Waals surface area (Å²) in [5, 5.41) is 11.4. The largest absolute Gasteiger partial charge is 0.480 e. The van der Waals surface area contributed by atoms with Gasteiger partial charge in [0.05, 0.1) is 5.75 Å². The van der Waals surface area contributed by atoms with Crippen LogP contribution in [-0.4, -0.2) is 57.5 Å². The van der Waals surface area contributed by atoms with Crippen LogP contribution < -0.4 is 11.1 Å². The number of amides is 3. The molecule has 102 valence electrons. The van der Waals surface area contributed by atoms with E-state index in [2.05, 4.69) is 5.32 Å². The highest BCUT2D eigenvalue weighted by Gasteiger charge is 2.34. The SMILES string of the molecule is CC(C)(SCC(=O)N1CCNC1=O)[C@H](N)C(=O)O. The van der Waals surface area contributed by atoms with E-state index in [4.69, 9.17) is 10.8 Å². The molecule has 1 aliphatic rings. The third-order valence-electron chi connectivity index (χ3n) is 2.74. The van der Waals surface area contributed by atoms with Crippen LogP contribution in [0.5, 0.6) is 0 Å². The summed E-state index contributed by atoms with van der Waals surface area (Å²) < 4.78 is -0.780. The van der Waals surface area contributed by atoms with E-state index >= 15 is 0 Å². The summed E-state index contributed by atoms with van der Waals surface area (Å²) in [4.78, 5) is 34.9. The number of nitrogens with zero attached hydrogens (tertiary/aromatic N) is 1. The number of carbonyl (C=O) groups is 3. The number of rotatable bonds is 5. The lowest BCUT2D eigenvalue weighted by Crippen LogP contribution is -2.47. The Labute approximate surface area is 109 Å². The van der Waals surface area contributed by atoms with Crippen LogP contribution in [0.4, 0.5) is 4.79 Å². The molecule has 0 aromatic rings. The highest BCUT2D eigenvalue weighted by molar-refractivity contribution is 8.01. The molecule has 0 bridgehead atoms. The number of carbonyl (C=O) groups excluding carboxylic acids is 2. The second-order valence-corrected chi connectivity index (χ2v) is 6.11. The molecule has 0 saturated carbocycles. The molecule has 1 fully saturated rings. The third kappa shape index (κ3) is 3.36. The summed E-state index contributed by atoms with van der Waals surface area (Å²) >= 11 is 1.14. The molecular weight excluding hydrogens is 258 g/mol. The first-order valence-corrected chi connectivity index (χ1v) is 6.45. The van der Waals surface area contributed by atoms with Gasteiger partial charge in [0.2, 0.25) is 5.91 Å². The van der Waals surface area contributed by atoms with Crippen molar-refractivity contribution in [2.75, 3.05) is 18.8 Å². The maximum absolute atomic E-state index is 11.8. The summed E-state index contributed by atoms with van der Waals surface area (Å²) in [5.41, 5.74) is 5.54. The maximum Gasteiger partial charge on any atom is 0.324 e. The lowest BCUT2D eigenvalue weighted by Gasteiger charge is -2.28. The van der Waals surface area contributed by atoms with E-state index in [1.807, 2.05) is 0 Å². The Morgan fingerprint density at radius 2 is 2.22 bits per heavy atom. The van der Waals surface area contributed by atoms with E-state index < -0.39 is 22.8 Å². The van der Waals surface area contributed by atoms with E-state index in [1.165, 1.54) is 0 Å². The number of nitrogens with one attached hydrogen (secondary N) is 1. The van der Waals surface area contributed by atoms with Crippen LogP contribution in [0.15, 0.2) is 0 Å². The van der Waals surface area contributed by atoms with Gasteiger partial charge in [0.25, 0.3) is 0 Å². The number of carboxylic acid groups (broad SMARTS) is 1. The fourth-order valence-corrected chi connectivity index (χ4v) is 2.35. The minimum Gasteiger partial charge on any atom is -0.480 e. The molecule has 4 N–H and O–H groups in total. The molecule has 18 heavy (non-hydrogen) atoms. The second kappa shape index (κ2) is 5.57. The number of hydrogen-bond acceptors (Lipinski definition) is 5. The molecule has 1 aliphatic heterocycles. The van der Waals surface area contributed by atoms with Gasteiger partial charge in [-0.3, -0.25) is 14.5 Å². The van der Waals surface area contributed by atoms with E-state index in [1.54, 1.807) is 13.8 Å². The summed E-state index contributed by atoms with van der Waals surface area (Å²) in [6.45, 7) is 4.12. The Balaban J connectivity index is 2.51. The van der Waals surface area contributed by atoms with Crippen molar-refractivity contribution in [3.63, 3.8) is 0 Å². The van der Waals surface area contributed by atoms with Crippen molar-refractivity contribution in [1.29, 1.82) is 0 Å². The van der Waals surface area contributed by atoms with Gasteiger partial charge in [-0.05, 0) is 13.8 Å².